The zero-order chi connectivity index (χ0) is 19.5. The van der Waals surface area contributed by atoms with Crippen molar-refractivity contribution < 1.29 is 14.3 Å². The van der Waals surface area contributed by atoms with Crippen molar-refractivity contribution in [3.8, 4) is 22.3 Å². The van der Waals surface area contributed by atoms with Crippen LogP contribution in [0.4, 0.5) is 4.39 Å². The van der Waals surface area contributed by atoms with Crippen LogP contribution >= 0.6 is 0 Å². The van der Waals surface area contributed by atoms with E-state index in [4.69, 9.17) is 5.11 Å². The molecule has 0 amide bonds. The predicted molar refractivity (Wildman–Crippen MR) is 110 cm³/mol. The molecule has 3 aromatic carbocycles. The van der Waals surface area contributed by atoms with Gasteiger partial charge in [-0.25, -0.2) is 9.18 Å². The Morgan fingerprint density at radius 3 is 2.00 bits per heavy atom. The first kappa shape index (κ1) is 18.4. The van der Waals surface area contributed by atoms with E-state index in [1.807, 2.05) is 6.07 Å². The van der Waals surface area contributed by atoms with E-state index in [0.717, 1.165) is 11.1 Å². The molecule has 2 nitrogen and oxygen atoms in total. The number of hydrogen-bond donors (Lipinski definition) is 1. The van der Waals surface area contributed by atoms with E-state index < -0.39 is 5.97 Å². The minimum absolute atomic E-state index is 0.193. The van der Waals surface area contributed by atoms with Gasteiger partial charge in [-0.1, -0.05) is 67.8 Å². The van der Waals surface area contributed by atoms with Gasteiger partial charge in [-0.05, 0) is 59.2 Å². The molecule has 28 heavy (non-hydrogen) atoms. The minimum atomic E-state index is -0.987. The quantitative estimate of drug-likeness (QED) is 0.539. The predicted octanol–water partition coefficient (Wildman–Crippen LogP) is 6.91. The van der Waals surface area contributed by atoms with Gasteiger partial charge in [0.2, 0.25) is 0 Å². The van der Waals surface area contributed by atoms with Gasteiger partial charge in [-0.3, -0.25) is 0 Å². The zero-order valence-corrected chi connectivity index (χ0v) is 15.7. The molecule has 0 radical (unpaired) electrons. The summed E-state index contributed by atoms with van der Waals surface area (Å²) in [5, 5.41) is 8.99. The summed E-state index contributed by atoms with van der Waals surface area (Å²) >= 11 is 0. The number of carbonyl (C=O) groups is 1. The van der Waals surface area contributed by atoms with Gasteiger partial charge in [0.05, 0.1) is 5.56 Å². The molecule has 3 heteroatoms. The monoisotopic (exact) mass is 374 g/mol. The number of benzene rings is 3. The van der Waals surface area contributed by atoms with Gasteiger partial charge in [0.25, 0.3) is 0 Å². The van der Waals surface area contributed by atoms with Crippen molar-refractivity contribution in [2.45, 2.75) is 38.0 Å². The molecule has 1 aliphatic carbocycles. The normalized spacial score (nSPS) is 14.8. The van der Waals surface area contributed by atoms with Crippen LogP contribution in [0.1, 0.15) is 53.9 Å². The van der Waals surface area contributed by atoms with E-state index >= 15 is 0 Å². The molecule has 0 aliphatic heterocycles. The number of hydrogen-bond acceptors (Lipinski definition) is 1. The molecule has 1 N–H and O–H groups in total. The van der Waals surface area contributed by atoms with Crippen molar-refractivity contribution in [2.75, 3.05) is 0 Å². The second-order valence-electron chi connectivity index (χ2n) is 7.53. The van der Waals surface area contributed by atoms with E-state index in [1.165, 1.54) is 49.8 Å². The highest BCUT2D eigenvalue weighted by atomic mass is 19.1. The Kier molecular flexibility index (Phi) is 5.25. The molecule has 0 saturated heterocycles. The molecule has 0 spiro atoms. The average Bonchev–Trinajstić information content (AvgIpc) is 2.74. The molecule has 1 saturated carbocycles. The van der Waals surface area contributed by atoms with Crippen molar-refractivity contribution in [1.82, 2.24) is 0 Å². The number of carboxylic acids is 1. The third-order valence-electron chi connectivity index (χ3n) is 5.73. The molecular formula is C25H23FO2. The maximum absolute atomic E-state index is 14.7. The summed E-state index contributed by atoms with van der Waals surface area (Å²) < 4.78 is 14.7. The smallest absolute Gasteiger partial charge is 0.335 e. The van der Waals surface area contributed by atoms with E-state index in [-0.39, 0.29) is 11.4 Å². The molecule has 142 valence electrons. The number of halogens is 1. The van der Waals surface area contributed by atoms with Crippen LogP contribution in [0.15, 0.2) is 66.7 Å². The Balaban J connectivity index is 1.56. The van der Waals surface area contributed by atoms with Gasteiger partial charge in [0, 0.05) is 5.56 Å². The summed E-state index contributed by atoms with van der Waals surface area (Å²) in [5.41, 5.74) is 4.57. The first-order chi connectivity index (χ1) is 13.6. The number of aromatic carboxylic acids is 1. The van der Waals surface area contributed by atoms with Crippen LogP contribution < -0.4 is 0 Å². The molecule has 1 fully saturated rings. The molecule has 1 aliphatic rings. The summed E-state index contributed by atoms with van der Waals surface area (Å²) in [6, 6.07) is 20.0. The fraction of sp³-hybridized carbons (Fsp3) is 0.240. The largest absolute Gasteiger partial charge is 0.478 e. The fourth-order valence-electron chi connectivity index (χ4n) is 4.10. The van der Waals surface area contributed by atoms with Crippen LogP contribution in [-0.4, -0.2) is 11.1 Å². The molecule has 0 heterocycles. The molecule has 3 aromatic rings. The highest BCUT2D eigenvalue weighted by Gasteiger charge is 2.15. The average molecular weight is 374 g/mol. The first-order valence-electron chi connectivity index (χ1n) is 9.85. The van der Waals surface area contributed by atoms with Crippen LogP contribution in [0, 0.1) is 5.82 Å². The maximum atomic E-state index is 14.7. The Hall–Kier alpha value is -2.94. The molecule has 0 unspecified atom stereocenters. The summed E-state index contributed by atoms with van der Waals surface area (Å²) in [5.74, 6) is -0.633. The molecular weight excluding hydrogens is 351 g/mol. The standard InChI is InChI=1S/C25H23FO2/c26-24-16-22(14-15-23(24)20-10-12-21(13-11-20)25(27)28)19-8-6-18(7-9-19)17-4-2-1-3-5-17/h6-17H,1-5H2,(H,27,28). The molecule has 0 atom stereocenters. The lowest BCUT2D eigenvalue weighted by molar-refractivity contribution is 0.0697. The van der Waals surface area contributed by atoms with Crippen LogP contribution in [0.5, 0.6) is 0 Å². The lowest BCUT2D eigenvalue weighted by Gasteiger charge is -2.22. The summed E-state index contributed by atoms with van der Waals surface area (Å²) in [7, 11) is 0. The second-order valence-corrected chi connectivity index (χ2v) is 7.53. The fourth-order valence-corrected chi connectivity index (χ4v) is 4.10. The summed E-state index contributed by atoms with van der Waals surface area (Å²) in [6.45, 7) is 0. The van der Waals surface area contributed by atoms with E-state index in [1.54, 1.807) is 24.3 Å². The van der Waals surface area contributed by atoms with E-state index in [2.05, 4.69) is 24.3 Å². The maximum Gasteiger partial charge on any atom is 0.335 e. The van der Waals surface area contributed by atoms with Crippen molar-refractivity contribution in [3.05, 3.63) is 83.7 Å². The highest BCUT2D eigenvalue weighted by Crippen LogP contribution is 2.34. The molecule has 0 aromatic heterocycles. The highest BCUT2D eigenvalue weighted by molar-refractivity contribution is 5.88. The summed E-state index contributed by atoms with van der Waals surface area (Å²) in [4.78, 5) is 11.0. The van der Waals surface area contributed by atoms with Gasteiger partial charge < -0.3 is 5.11 Å². The second kappa shape index (κ2) is 7.97. The van der Waals surface area contributed by atoms with Gasteiger partial charge >= 0.3 is 5.97 Å². The van der Waals surface area contributed by atoms with Crippen LogP contribution in [0.2, 0.25) is 0 Å². The zero-order valence-electron chi connectivity index (χ0n) is 15.7. The van der Waals surface area contributed by atoms with Crippen molar-refractivity contribution in [3.63, 3.8) is 0 Å². The van der Waals surface area contributed by atoms with Gasteiger partial charge in [0.15, 0.2) is 0 Å². The van der Waals surface area contributed by atoms with Gasteiger partial charge in [-0.15, -0.1) is 0 Å². The number of carboxylic acid groups (broad SMARTS) is 1. The lowest BCUT2D eigenvalue weighted by Crippen LogP contribution is -2.04. The van der Waals surface area contributed by atoms with E-state index in [9.17, 15) is 9.18 Å². The Morgan fingerprint density at radius 2 is 1.39 bits per heavy atom. The minimum Gasteiger partial charge on any atom is -0.478 e. The van der Waals surface area contributed by atoms with Crippen molar-refractivity contribution >= 4 is 5.97 Å². The third kappa shape index (κ3) is 3.84. The van der Waals surface area contributed by atoms with Crippen LogP contribution in [0.3, 0.4) is 0 Å². The van der Waals surface area contributed by atoms with Gasteiger partial charge in [-0.2, -0.15) is 0 Å². The Morgan fingerprint density at radius 1 is 0.786 bits per heavy atom. The van der Waals surface area contributed by atoms with Gasteiger partial charge in [0.1, 0.15) is 5.82 Å². The van der Waals surface area contributed by atoms with Crippen LogP contribution in [-0.2, 0) is 0 Å². The summed E-state index contributed by atoms with van der Waals surface area (Å²) in [6.07, 6.45) is 6.50. The van der Waals surface area contributed by atoms with Crippen LogP contribution in [0.25, 0.3) is 22.3 Å². The van der Waals surface area contributed by atoms with Crippen molar-refractivity contribution in [1.29, 1.82) is 0 Å². The first-order valence-corrected chi connectivity index (χ1v) is 9.85. The van der Waals surface area contributed by atoms with E-state index in [0.29, 0.717) is 17.0 Å². The number of rotatable bonds is 4. The molecule has 0 bridgehead atoms. The SMILES string of the molecule is O=C(O)c1ccc(-c2ccc(-c3ccc(C4CCCCC4)cc3)cc2F)cc1. The Bertz CT molecular complexity index is 968. The topological polar surface area (TPSA) is 37.3 Å². The van der Waals surface area contributed by atoms with Crippen molar-refractivity contribution in [2.24, 2.45) is 0 Å². The third-order valence-corrected chi connectivity index (χ3v) is 5.73. The molecule has 4 rings (SSSR count). The lowest BCUT2D eigenvalue weighted by atomic mass is 9.83. The Labute approximate surface area is 164 Å².